The largest absolute Gasteiger partial charge is 0.314 e. The zero-order valence-electron chi connectivity index (χ0n) is 8.82. The van der Waals surface area contributed by atoms with Crippen molar-refractivity contribution < 1.29 is 0 Å². The molecule has 15 heavy (non-hydrogen) atoms. The highest BCUT2D eigenvalue weighted by Crippen LogP contribution is 2.22. The quantitative estimate of drug-likeness (QED) is 0.860. The topological polar surface area (TPSA) is 37.8 Å². The molecule has 0 atom stereocenters. The molecule has 0 saturated heterocycles. The molecule has 1 N–H and O–H groups in total. The second-order valence-electron chi connectivity index (χ2n) is 3.36. The molecule has 0 aliphatic rings. The highest BCUT2D eigenvalue weighted by atomic mass is 32.1. The lowest BCUT2D eigenvalue weighted by molar-refractivity contribution is 0.798. The van der Waals surface area contributed by atoms with Gasteiger partial charge in [-0.25, -0.2) is 4.98 Å². The first kappa shape index (κ1) is 10.3. The van der Waals surface area contributed by atoms with Crippen LogP contribution in [-0.4, -0.2) is 17.0 Å². The van der Waals surface area contributed by atoms with E-state index < -0.39 is 0 Å². The van der Waals surface area contributed by atoms with E-state index in [1.54, 1.807) is 11.3 Å². The van der Waals surface area contributed by atoms with Gasteiger partial charge >= 0.3 is 0 Å². The van der Waals surface area contributed by atoms with Gasteiger partial charge < -0.3 is 5.32 Å². The minimum absolute atomic E-state index is 0.815. The molecular formula is C11H13N3S. The summed E-state index contributed by atoms with van der Waals surface area (Å²) in [5.74, 6) is 0. The number of nitrogens with one attached hydrogen (secondary N) is 1. The minimum atomic E-state index is 0.815. The van der Waals surface area contributed by atoms with Gasteiger partial charge in [-0.3, -0.25) is 4.98 Å². The van der Waals surface area contributed by atoms with Gasteiger partial charge in [-0.1, -0.05) is 0 Å². The van der Waals surface area contributed by atoms with Crippen LogP contribution < -0.4 is 5.32 Å². The highest BCUT2D eigenvalue weighted by Gasteiger charge is 2.03. The van der Waals surface area contributed by atoms with Crippen molar-refractivity contribution in [2.45, 2.75) is 13.5 Å². The molecule has 0 aromatic carbocycles. The van der Waals surface area contributed by atoms with E-state index in [0.29, 0.717) is 0 Å². The van der Waals surface area contributed by atoms with Gasteiger partial charge in [-0.05, 0) is 26.1 Å². The summed E-state index contributed by atoms with van der Waals surface area (Å²) in [6, 6.07) is 4.07. The summed E-state index contributed by atoms with van der Waals surface area (Å²) in [5, 5.41) is 6.20. The lowest BCUT2D eigenvalue weighted by atomic mass is 10.3. The number of rotatable bonds is 3. The summed E-state index contributed by atoms with van der Waals surface area (Å²) in [6.07, 6.45) is 1.87. The summed E-state index contributed by atoms with van der Waals surface area (Å²) in [4.78, 5) is 8.78. The number of hydrogen-bond acceptors (Lipinski definition) is 4. The van der Waals surface area contributed by atoms with Crippen molar-refractivity contribution in [3.8, 4) is 10.6 Å². The zero-order valence-corrected chi connectivity index (χ0v) is 9.64. The van der Waals surface area contributed by atoms with E-state index in [0.717, 1.165) is 28.5 Å². The van der Waals surface area contributed by atoms with Crippen molar-refractivity contribution >= 4 is 11.3 Å². The summed E-state index contributed by atoms with van der Waals surface area (Å²) in [6.45, 7) is 2.80. The maximum absolute atomic E-state index is 4.52. The van der Waals surface area contributed by atoms with Gasteiger partial charge in [0.1, 0.15) is 5.01 Å². The first-order valence-corrected chi connectivity index (χ1v) is 5.69. The Balaban J connectivity index is 2.25. The molecule has 0 amide bonds. The maximum atomic E-state index is 4.52. The number of hydrogen-bond donors (Lipinski definition) is 1. The average Bonchev–Trinajstić information content (AvgIpc) is 2.68. The molecule has 2 aromatic rings. The number of nitrogens with zero attached hydrogens (tertiary/aromatic N) is 2. The standard InChI is InChI=1S/C11H13N3S/c1-8-3-4-9(5-13-8)11-14-10(6-12-2)7-15-11/h3-5,7,12H,6H2,1-2H3. The number of pyridine rings is 1. The first-order chi connectivity index (χ1) is 7.29. The molecule has 2 heterocycles. The smallest absolute Gasteiger partial charge is 0.125 e. The van der Waals surface area contributed by atoms with Crippen LogP contribution in [0.25, 0.3) is 10.6 Å². The van der Waals surface area contributed by atoms with Crippen molar-refractivity contribution in [1.29, 1.82) is 0 Å². The molecule has 0 spiro atoms. The summed E-state index contributed by atoms with van der Waals surface area (Å²) >= 11 is 1.66. The summed E-state index contributed by atoms with van der Waals surface area (Å²) in [5.41, 5.74) is 3.21. The third-order valence-corrected chi connectivity index (χ3v) is 3.01. The van der Waals surface area contributed by atoms with E-state index in [1.807, 2.05) is 26.2 Å². The van der Waals surface area contributed by atoms with Crippen LogP contribution in [-0.2, 0) is 6.54 Å². The van der Waals surface area contributed by atoms with Gasteiger partial charge in [0.15, 0.2) is 0 Å². The van der Waals surface area contributed by atoms with Gasteiger partial charge in [0.2, 0.25) is 0 Å². The molecule has 78 valence electrons. The molecule has 0 aliphatic carbocycles. The predicted molar refractivity (Wildman–Crippen MR) is 62.8 cm³/mol. The Labute approximate surface area is 93.2 Å². The average molecular weight is 219 g/mol. The van der Waals surface area contributed by atoms with Gasteiger partial charge in [0.25, 0.3) is 0 Å². The van der Waals surface area contributed by atoms with Crippen LogP contribution in [0, 0.1) is 6.92 Å². The lowest BCUT2D eigenvalue weighted by Crippen LogP contribution is -2.04. The van der Waals surface area contributed by atoms with Crippen LogP contribution in [0.5, 0.6) is 0 Å². The molecule has 0 bridgehead atoms. The van der Waals surface area contributed by atoms with Gasteiger partial charge in [0.05, 0.1) is 5.69 Å². The van der Waals surface area contributed by atoms with E-state index in [1.165, 1.54) is 0 Å². The third-order valence-electron chi connectivity index (χ3n) is 2.07. The Morgan fingerprint density at radius 3 is 2.93 bits per heavy atom. The van der Waals surface area contributed by atoms with Crippen molar-refractivity contribution in [1.82, 2.24) is 15.3 Å². The zero-order chi connectivity index (χ0) is 10.7. The first-order valence-electron chi connectivity index (χ1n) is 4.81. The number of aromatic nitrogens is 2. The van der Waals surface area contributed by atoms with Gasteiger partial charge in [-0.2, -0.15) is 0 Å². The number of thiazole rings is 1. The Hall–Kier alpha value is -1.26. The molecule has 2 rings (SSSR count). The molecular weight excluding hydrogens is 206 g/mol. The van der Waals surface area contributed by atoms with Crippen molar-refractivity contribution in [3.05, 3.63) is 35.1 Å². The van der Waals surface area contributed by atoms with E-state index in [4.69, 9.17) is 0 Å². The second-order valence-corrected chi connectivity index (χ2v) is 4.22. The monoisotopic (exact) mass is 219 g/mol. The molecule has 0 radical (unpaired) electrons. The fraction of sp³-hybridized carbons (Fsp3) is 0.273. The second kappa shape index (κ2) is 4.51. The molecule has 2 aromatic heterocycles. The van der Waals surface area contributed by atoms with Crippen LogP contribution in [0.3, 0.4) is 0 Å². The summed E-state index contributed by atoms with van der Waals surface area (Å²) in [7, 11) is 1.92. The van der Waals surface area contributed by atoms with Crippen molar-refractivity contribution in [2.75, 3.05) is 7.05 Å². The van der Waals surface area contributed by atoms with Crippen molar-refractivity contribution in [3.63, 3.8) is 0 Å². The van der Waals surface area contributed by atoms with E-state index >= 15 is 0 Å². The van der Waals surface area contributed by atoms with E-state index in [2.05, 4.69) is 26.7 Å². The molecule has 0 saturated carbocycles. The minimum Gasteiger partial charge on any atom is -0.314 e. The van der Waals surface area contributed by atoms with Crippen molar-refractivity contribution in [2.24, 2.45) is 0 Å². The normalized spacial score (nSPS) is 10.5. The molecule has 4 heteroatoms. The Kier molecular flexibility index (Phi) is 3.08. The number of aryl methyl sites for hydroxylation is 1. The molecule has 0 unspecified atom stereocenters. The van der Waals surface area contributed by atoms with Gasteiger partial charge in [-0.15, -0.1) is 11.3 Å². The summed E-state index contributed by atoms with van der Waals surface area (Å²) < 4.78 is 0. The SMILES string of the molecule is CNCc1csc(-c2ccc(C)nc2)n1. The predicted octanol–water partition coefficient (Wildman–Crippen LogP) is 2.23. The third kappa shape index (κ3) is 2.40. The lowest BCUT2D eigenvalue weighted by Gasteiger charge is -1.96. The van der Waals surface area contributed by atoms with Crippen LogP contribution in [0.4, 0.5) is 0 Å². The van der Waals surface area contributed by atoms with E-state index in [-0.39, 0.29) is 0 Å². The Morgan fingerprint density at radius 2 is 2.27 bits per heavy atom. The van der Waals surface area contributed by atoms with E-state index in [9.17, 15) is 0 Å². The fourth-order valence-corrected chi connectivity index (χ4v) is 2.11. The molecule has 0 aliphatic heterocycles. The molecule has 3 nitrogen and oxygen atoms in total. The van der Waals surface area contributed by atoms with Crippen LogP contribution >= 0.6 is 11.3 Å². The van der Waals surface area contributed by atoms with Crippen LogP contribution in [0.2, 0.25) is 0 Å². The Bertz CT molecular complexity index is 433. The highest BCUT2D eigenvalue weighted by molar-refractivity contribution is 7.13. The van der Waals surface area contributed by atoms with Crippen LogP contribution in [0.15, 0.2) is 23.7 Å². The fourth-order valence-electron chi connectivity index (χ4n) is 1.30. The van der Waals surface area contributed by atoms with Crippen LogP contribution in [0.1, 0.15) is 11.4 Å². The maximum Gasteiger partial charge on any atom is 0.125 e. The molecule has 0 fully saturated rings. The van der Waals surface area contributed by atoms with Gasteiger partial charge in [0, 0.05) is 29.4 Å². The Morgan fingerprint density at radius 1 is 1.40 bits per heavy atom.